The molecule has 0 unspecified atom stereocenters. The smallest absolute Gasteiger partial charge is 0.0767 e. The lowest BCUT2D eigenvalue weighted by atomic mass is 10.1. The number of benzene rings is 2. The zero-order chi connectivity index (χ0) is 17.3. The lowest BCUT2D eigenvalue weighted by Gasteiger charge is -2.10. The molecule has 3 rings (SSSR count). The molecule has 0 radical (unpaired) electrons. The molecule has 132 valence electrons. The normalized spacial score (nSPS) is 10.6. The summed E-state index contributed by atoms with van der Waals surface area (Å²) in [7, 11) is 0. The van der Waals surface area contributed by atoms with Gasteiger partial charge in [0.2, 0.25) is 0 Å². The molecular weight excluding hydrogens is 400 g/mol. The van der Waals surface area contributed by atoms with Crippen LogP contribution in [0, 0.1) is 6.92 Å². The van der Waals surface area contributed by atoms with Gasteiger partial charge in [-0.05, 0) is 42.3 Å². The van der Waals surface area contributed by atoms with Gasteiger partial charge >= 0.3 is 0 Å². The Morgan fingerprint density at radius 2 is 1.72 bits per heavy atom. The Morgan fingerprint density at radius 3 is 2.36 bits per heavy atom. The molecule has 0 aliphatic heterocycles. The van der Waals surface area contributed by atoms with Crippen LogP contribution in [0.15, 0.2) is 42.5 Å². The number of aryl methyl sites for hydroxylation is 1. The second kappa shape index (κ2) is 8.43. The van der Waals surface area contributed by atoms with Crippen molar-refractivity contribution in [1.82, 2.24) is 9.78 Å². The van der Waals surface area contributed by atoms with E-state index < -0.39 is 0 Å². The Kier molecular flexibility index (Phi) is 6.78. The standard InChI is InChI=1S/C18H16Cl3N3.ClH/c1-11-2-3-12(6-16(11)20)10-24-18(8-14(9-22)23-24)13-4-5-15(19)17(21)7-13;/h2-8H,9-10,22H2,1H3;1H. The fourth-order valence-electron chi connectivity index (χ4n) is 2.49. The van der Waals surface area contributed by atoms with Crippen molar-refractivity contribution < 1.29 is 0 Å². The van der Waals surface area contributed by atoms with Crippen LogP contribution < -0.4 is 5.73 Å². The molecule has 0 fully saturated rings. The van der Waals surface area contributed by atoms with E-state index in [1.165, 1.54) is 0 Å². The summed E-state index contributed by atoms with van der Waals surface area (Å²) in [6.07, 6.45) is 0. The van der Waals surface area contributed by atoms with E-state index in [9.17, 15) is 0 Å². The Labute approximate surface area is 168 Å². The average Bonchev–Trinajstić information content (AvgIpc) is 2.96. The molecule has 3 nitrogen and oxygen atoms in total. The zero-order valence-corrected chi connectivity index (χ0v) is 16.6. The van der Waals surface area contributed by atoms with E-state index >= 15 is 0 Å². The fourth-order valence-corrected chi connectivity index (χ4v) is 2.99. The van der Waals surface area contributed by atoms with E-state index in [0.717, 1.165) is 33.1 Å². The summed E-state index contributed by atoms with van der Waals surface area (Å²) in [5.74, 6) is 0. The monoisotopic (exact) mass is 415 g/mol. The van der Waals surface area contributed by atoms with Crippen molar-refractivity contribution in [2.45, 2.75) is 20.0 Å². The molecule has 0 bridgehead atoms. The minimum atomic E-state index is 0. The highest BCUT2D eigenvalue weighted by Crippen LogP contribution is 2.29. The molecule has 25 heavy (non-hydrogen) atoms. The molecule has 1 aromatic heterocycles. The van der Waals surface area contributed by atoms with Crippen molar-refractivity contribution in [3.05, 3.63) is 74.4 Å². The number of aromatic nitrogens is 2. The molecule has 0 spiro atoms. The van der Waals surface area contributed by atoms with Gasteiger partial charge in [0.05, 0.1) is 28.0 Å². The lowest BCUT2D eigenvalue weighted by molar-refractivity contribution is 0.678. The van der Waals surface area contributed by atoms with Crippen LogP contribution >= 0.6 is 47.2 Å². The molecule has 0 aliphatic rings. The summed E-state index contributed by atoms with van der Waals surface area (Å²) in [6, 6.07) is 13.5. The van der Waals surface area contributed by atoms with E-state index in [2.05, 4.69) is 5.10 Å². The van der Waals surface area contributed by atoms with Gasteiger partial charge < -0.3 is 5.73 Å². The van der Waals surface area contributed by atoms with Gasteiger partial charge in [0.15, 0.2) is 0 Å². The lowest BCUT2D eigenvalue weighted by Crippen LogP contribution is -2.05. The number of rotatable bonds is 4. The molecule has 1 heterocycles. The fraction of sp³-hybridized carbons (Fsp3) is 0.167. The highest BCUT2D eigenvalue weighted by Gasteiger charge is 2.12. The van der Waals surface area contributed by atoms with Crippen LogP contribution in [0.5, 0.6) is 0 Å². The van der Waals surface area contributed by atoms with Gasteiger partial charge in [0.1, 0.15) is 0 Å². The van der Waals surface area contributed by atoms with Crippen molar-refractivity contribution >= 4 is 47.2 Å². The topological polar surface area (TPSA) is 43.8 Å². The maximum absolute atomic E-state index is 6.23. The average molecular weight is 417 g/mol. The Balaban J connectivity index is 0.00000225. The predicted octanol–water partition coefficient (Wildman–Crippen LogP) is 5.75. The Morgan fingerprint density at radius 1 is 0.960 bits per heavy atom. The molecule has 2 aromatic carbocycles. The van der Waals surface area contributed by atoms with Gasteiger partial charge in [-0.2, -0.15) is 5.10 Å². The maximum atomic E-state index is 6.23. The quantitative estimate of drug-likeness (QED) is 0.588. The van der Waals surface area contributed by atoms with Gasteiger partial charge in [-0.15, -0.1) is 12.4 Å². The van der Waals surface area contributed by atoms with Gasteiger partial charge in [-0.3, -0.25) is 4.68 Å². The van der Waals surface area contributed by atoms with Gasteiger partial charge in [0, 0.05) is 17.1 Å². The highest BCUT2D eigenvalue weighted by atomic mass is 35.5. The highest BCUT2D eigenvalue weighted by molar-refractivity contribution is 6.42. The van der Waals surface area contributed by atoms with E-state index in [1.54, 1.807) is 6.07 Å². The first kappa shape index (κ1) is 20.1. The number of nitrogens with two attached hydrogens (primary N) is 1. The Hall–Kier alpha value is -1.23. The zero-order valence-electron chi connectivity index (χ0n) is 13.5. The first-order valence-corrected chi connectivity index (χ1v) is 8.58. The van der Waals surface area contributed by atoms with Crippen molar-refractivity contribution in [3.63, 3.8) is 0 Å². The molecule has 7 heteroatoms. The summed E-state index contributed by atoms with van der Waals surface area (Å²) >= 11 is 18.4. The predicted molar refractivity (Wildman–Crippen MR) is 108 cm³/mol. The third-order valence-corrected chi connectivity index (χ3v) is 4.97. The summed E-state index contributed by atoms with van der Waals surface area (Å²) in [4.78, 5) is 0. The first-order chi connectivity index (χ1) is 11.5. The molecule has 2 N–H and O–H groups in total. The van der Waals surface area contributed by atoms with Crippen LogP contribution in [0.25, 0.3) is 11.3 Å². The second-order valence-electron chi connectivity index (χ2n) is 5.60. The van der Waals surface area contributed by atoms with Gasteiger partial charge in [-0.1, -0.05) is 53.0 Å². The van der Waals surface area contributed by atoms with Crippen molar-refractivity contribution in [2.24, 2.45) is 5.73 Å². The van der Waals surface area contributed by atoms with Crippen LogP contribution in [0.1, 0.15) is 16.8 Å². The van der Waals surface area contributed by atoms with Crippen LogP contribution in [0.4, 0.5) is 0 Å². The molecule has 3 aromatic rings. The van der Waals surface area contributed by atoms with Gasteiger partial charge in [-0.25, -0.2) is 0 Å². The molecule has 0 atom stereocenters. The number of hydrogen-bond donors (Lipinski definition) is 1. The molecule has 0 saturated carbocycles. The largest absolute Gasteiger partial charge is 0.325 e. The molecule has 0 aliphatic carbocycles. The third kappa shape index (κ3) is 4.49. The minimum absolute atomic E-state index is 0. The van der Waals surface area contributed by atoms with E-state index in [1.807, 2.05) is 48.0 Å². The Bertz CT molecular complexity index is 890. The summed E-state index contributed by atoms with van der Waals surface area (Å²) in [6.45, 7) is 2.94. The van der Waals surface area contributed by atoms with Crippen molar-refractivity contribution in [3.8, 4) is 11.3 Å². The number of halogens is 4. The van der Waals surface area contributed by atoms with E-state index in [0.29, 0.717) is 23.1 Å². The second-order valence-corrected chi connectivity index (χ2v) is 6.82. The number of hydrogen-bond acceptors (Lipinski definition) is 2. The molecule has 0 amide bonds. The molecule has 0 saturated heterocycles. The van der Waals surface area contributed by atoms with E-state index in [4.69, 9.17) is 40.5 Å². The van der Waals surface area contributed by atoms with E-state index in [-0.39, 0.29) is 12.4 Å². The van der Waals surface area contributed by atoms with Crippen LogP contribution in [0.2, 0.25) is 15.1 Å². The van der Waals surface area contributed by atoms with Crippen LogP contribution in [-0.4, -0.2) is 9.78 Å². The summed E-state index contributed by atoms with van der Waals surface area (Å²) in [5, 5.41) is 6.36. The summed E-state index contributed by atoms with van der Waals surface area (Å²) in [5.41, 5.74) is 10.6. The van der Waals surface area contributed by atoms with Gasteiger partial charge in [0.25, 0.3) is 0 Å². The van der Waals surface area contributed by atoms with Crippen molar-refractivity contribution in [2.75, 3.05) is 0 Å². The SMILES string of the molecule is Cc1ccc(Cn2nc(CN)cc2-c2ccc(Cl)c(Cl)c2)cc1Cl.Cl. The third-order valence-electron chi connectivity index (χ3n) is 3.82. The van der Waals surface area contributed by atoms with Crippen molar-refractivity contribution in [1.29, 1.82) is 0 Å². The minimum Gasteiger partial charge on any atom is -0.325 e. The van der Waals surface area contributed by atoms with Crippen LogP contribution in [-0.2, 0) is 13.1 Å². The van der Waals surface area contributed by atoms with Crippen LogP contribution in [0.3, 0.4) is 0 Å². The maximum Gasteiger partial charge on any atom is 0.0767 e. The molecular formula is C18H17Cl4N3. The summed E-state index contributed by atoms with van der Waals surface area (Å²) < 4.78 is 1.91. The number of nitrogens with zero attached hydrogens (tertiary/aromatic N) is 2. The first-order valence-electron chi connectivity index (χ1n) is 7.45.